The lowest BCUT2D eigenvalue weighted by molar-refractivity contribution is 0.0191. The molecule has 1 fully saturated rings. The first kappa shape index (κ1) is 11.6. The molecule has 0 unspecified atom stereocenters. The molecule has 0 aliphatic carbocycles. The van der Waals surface area contributed by atoms with E-state index in [-0.39, 0.29) is 5.41 Å². The van der Waals surface area contributed by atoms with Crippen LogP contribution in [0.2, 0.25) is 0 Å². The van der Waals surface area contributed by atoms with Gasteiger partial charge in [0.25, 0.3) is 0 Å². The minimum atomic E-state index is 0.271. The highest BCUT2D eigenvalue weighted by molar-refractivity contribution is 5.22. The summed E-state index contributed by atoms with van der Waals surface area (Å²) in [6.07, 6.45) is 3.28. The molecule has 1 aromatic carbocycles. The van der Waals surface area contributed by atoms with E-state index in [0.717, 1.165) is 39.0 Å². The van der Waals surface area contributed by atoms with Crippen molar-refractivity contribution in [2.45, 2.75) is 26.2 Å². The molecule has 0 amide bonds. The van der Waals surface area contributed by atoms with Crippen molar-refractivity contribution in [3.8, 4) is 0 Å². The Kier molecular flexibility index (Phi) is 3.62. The average Bonchev–Trinajstić information content (AvgIpc) is 2.33. The van der Waals surface area contributed by atoms with Gasteiger partial charge >= 0.3 is 0 Å². The Morgan fingerprint density at radius 3 is 2.38 bits per heavy atom. The largest absolute Gasteiger partial charge is 0.381 e. The number of nitrogens with two attached hydrogens (primary N) is 1. The Hall–Kier alpha value is -0.860. The normalized spacial score (nSPS) is 19.6. The van der Waals surface area contributed by atoms with E-state index in [1.165, 1.54) is 11.1 Å². The number of benzene rings is 1. The maximum absolute atomic E-state index is 5.96. The number of hydrogen-bond donors (Lipinski definition) is 1. The third-order valence-electron chi connectivity index (χ3n) is 3.69. The molecule has 1 saturated heterocycles. The van der Waals surface area contributed by atoms with E-state index in [0.29, 0.717) is 0 Å². The zero-order valence-electron chi connectivity index (χ0n) is 10.0. The third-order valence-corrected chi connectivity index (χ3v) is 3.69. The second-order valence-corrected chi connectivity index (χ2v) is 4.98. The first-order valence-electron chi connectivity index (χ1n) is 6.07. The number of aryl methyl sites for hydroxylation is 1. The second-order valence-electron chi connectivity index (χ2n) is 4.98. The third kappa shape index (κ3) is 2.63. The SMILES string of the molecule is Cc1ccc(CC2(CN)CCOCC2)cc1. The summed E-state index contributed by atoms with van der Waals surface area (Å²) in [5, 5.41) is 0. The van der Waals surface area contributed by atoms with Crippen LogP contribution in [-0.2, 0) is 11.2 Å². The Labute approximate surface area is 97.8 Å². The Bertz CT molecular complexity index is 325. The molecule has 2 heteroatoms. The Morgan fingerprint density at radius 2 is 1.81 bits per heavy atom. The molecule has 0 bridgehead atoms. The highest BCUT2D eigenvalue weighted by Gasteiger charge is 2.31. The predicted molar refractivity (Wildman–Crippen MR) is 66.4 cm³/mol. The highest BCUT2D eigenvalue weighted by Crippen LogP contribution is 2.33. The van der Waals surface area contributed by atoms with Gasteiger partial charge in [0, 0.05) is 13.2 Å². The summed E-state index contributed by atoms with van der Waals surface area (Å²) in [5.41, 5.74) is 8.95. The van der Waals surface area contributed by atoms with Crippen molar-refractivity contribution < 1.29 is 4.74 Å². The van der Waals surface area contributed by atoms with E-state index in [1.807, 2.05) is 0 Å². The highest BCUT2D eigenvalue weighted by atomic mass is 16.5. The molecular weight excluding hydrogens is 198 g/mol. The van der Waals surface area contributed by atoms with Crippen molar-refractivity contribution in [1.29, 1.82) is 0 Å². The van der Waals surface area contributed by atoms with E-state index >= 15 is 0 Å². The molecule has 88 valence electrons. The predicted octanol–water partition coefficient (Wildman–Crippen LogP) is 2.29. The van der Waals surface area contributed by atoms with Crippen LogP contribution < -0.4 is 5.73 Å². The molecule has 0 spiro atoms. The molecule has 0 atom stereocenters. The molecule has 16 heavy (non-hydrogen) atoms. The average molecular weight is 219 g/mol. The van der Waals surface area contributed by atoms with Gasteiger partial charge in [-0.05, 0) is 43.7 Å². The van der Waals surface area contributed by atoms with Gasteiger partial charge in [0.2, 0.25) is 0 Å². The maximum Gasteiger partial charge on any atom is 0.0471 e. The van der Waals surface area contributed by atoms with Gasteiger partial charge in [-0.1, -0.05) is 29.8 Å². The monoisotopic (exact) mass is 219 g/mol. The lowest BCUT2D eigenvalue weighted by Crippen LogP contribution is -2.38. The van der Waals surface area contributed by atoms with Crippen LogP contribution in [0.25, 0.3) is 0 Å². The molecule has 0 radical (unpaired) electrons. The van der Waals surface area contributed by atoms with Gasteiger partial charge in [0.15, 0.2) is 0 Å². The Morgan fingerprint density at radius 1 is 1.19 bits per heavy atom. The first-order valence-corrected chi connectivity index (χ1v) is 6.07. The first-order chi connectivity index (χ1) is 7.74. The quantitative estimate of drug-likeness (QED) is 0.846. The molecule has 2 rings (SSSR count). The molecule has 1 aliphatic heterocycles. The molecular formula is C14H21NO. The summed E-state index contributed by atoms with van der Waals surface area (Å²) < 4.78 is 5.43. The van der Waals surface area contributed by atoms with E-state index < -0.39 is 0 Å². The summed E-state index contributed by atoms with van der Waals surface area (Å²) >= 11 is 0. The van der Waals surface area contributed by atoms with Crippen LogP contribution in [0, 0.1) is 12.3 Å². The minimum Gasteiger partial charge on any atom is -0.381 e. The van der Waals surface area contributed by atoms with Crippen molar-refractivity contribution in [3.63, 3.8) is 0 Å². The number of rotatable bonds is 3. The smallest absolute Gasteiger partial charge is 0.0471 e. The summed E-state index contributed by atoms with van der Waals surface area (Å²) in [7, 11) is 0. The van der Waals surface area contributed by atoms with Gasteiger partial charge in [-0.3, -0.25) is 0 Å². The standard InChI is InChI=1S/C14H21NO/c1-12-2-4-13(5-3-12)10-14(11-15)6-8-16-9-7-14/h2-5H,6-11,15H2,1H3. The van der Waals surface area contributed by atoms with Crippen LogP contribution in [0.4, 0.5) is 0 Å². The van der Waals surface area contributed by atoms with Gasteiger partial charge in [0.1, 0.15) is 0 Å². The molecule has 0 aromatic heterocycles. The van der Waals surface area contributed by atoms with Crippen LogP contribution in [0.3, 0.4) is 0 Å². The van der Waals surface area contributed by atoms with E-state index in [9.17, 15) is 0 Å². The fourth-order valence-corrected chi connectivity index (χ4v) is 2.40. The van der Waals surface area contributed by atoms with Crippen molar-refractivity contribution in [2.24, 2.45) is 11.1 Å². The topological polar surface area (TPSA) is 35.2 Å². The summed E-state index contributed by atoms with van der Waals surface area (Å²) in [6.45, 7) is 4.62. The van der Waals surface area contributed by atoms with Crippen molar-refractivity contribution in [1.82, 2.24) is 0 Å². The molecule has 1 heterocycles. The minimum absolute atomic E-state index is 0.271. The van der Waals surface area contributed by atoms with Crippen molar-refractivity contribution >= 4 is 0 Å². The zero-order valence-corrected chi connectivity index (χ0v) is 10.0. The number of ether oxygens (including phenoxy) is 1. The zero-order chi connectivity index (χ0) is 11.4. The molecule has 1 aromatic rings. The maximum atomic E-state index is 5.96. The fourth-order valence-electron chi connectivity index (χ4n) is 2.40. The summed E-state index contributed by atoms with van der Waals surface area (Å²) in [6, 6.07) is 8.81. The Balaban J connectivity index is 2.08. The van der Waals surface area contributed by atoms with Crippen LogP contribution >= 0.6 is 0 Å². The van der Waals surface area contributed by atoms with E-state index in [4.69, 9.17) is 10.5 Å². The number of hydrogen-bond acceptors (Lipinski definition) is 2. The summed E-state index contributed by atoms with van der Waals surface area (Å²) in [5.74, 6) is 0. The van der Waals surface area contributed by atoms with Gasteiger partial charge in [0.05, 0.1) is 0 Å². The molecule has 0 saturated carbocycles. The van der Waals surface area contributed by atoms with E-state index in [1.54, 1.807) is 0 Å². The summed E-state index contributed by atoms with van der Waals surface area (Å²) in [4.78, 5) is 0. The van der Waals surface area contributed by atoms with Crippen LogP contribution in [0.15, 0.2) is 24.3 Å². The van der Waals surface area contributed by atoms with Crippen molar-refractivity contribution in [2.75, 3.05) is 19.8 Å². The second kappa shape index (κ2) is 4.98. The van der Waals surface area contributed by atoms with Gasteiger partial charge in [-0.25, -0.2) is 0 Å². The fraction of sp³-hybridized carbons (Fsp3) is 0.571. The van der Waals surface area contributed by atoms with Gasteiger partial charge < -0.3 is 10.5 Å². The molecule has 2 N–H and O–H groups in total. The lowest BCUT2D eigenvalue weighted by Gasteiger charge is -2.36. The van der Waals surface area contributed by atoms with Crippen LogP contribution in [0.1, 0.15) is 24.0 Å². The van der Waals surface area contributed by atoms with Crippen LogP contribution in [0.5, 0.6) is 0 Å². The van der Waals surface area contributed by atoms with Gasteiger partial charge in [-0.2, -0.15) is 0 Å². The molecule has 2 nitrogen and oxygen atoms in total. The molecule has 1 aliphatic rings. The lowest BCUT2D eigenvalue weighted by atomic mass is 9.75. The van der Waals surface area contributed by atoms with Crippen LogP contribution in [-0.4, -0.2) is 19.8 Å². The van der Waals surface area contributed by atoms with E-state index in [2.05, 4.69) is 31.2 Å². The van der Waals surface area contributed by atoms with Crippen molar-refractivity contribution in [3.05, 3.63) is 35.4 Å². The van der Waals surface area contributed by atoms with Gasteiger partial charge in [-0.15, -0.1) is 0 Å².